The number of benzene rings is 1. The number of rotatable bonds is 1. The normalized spacial score (nSPS) is 26.4. The van der Waals surface area contributed by atoms with Crippen LogP contribution in [0.2, 0.25) is 0 Å². The molecule has 0 N–H and O–H groups in total. The van der Waals surface area contributed by atoms with E-state index in [2.05, 4.69) is 0 Å². The fourth-order valence-corrected chi connectivity index (χ4v) is 3.67. The SMILES string of the molecule is Fc1ccc2c(c1F)C(F)(F)C(C1CCCCC1)C2. The van der Waals surface area contributed by atoms with E-state index >= 15 is 0 Å². The lowest BCUT2D eigenvalue weighted by molar-refractivity contribution is -0.0822. The zero-order chi connectivity index (χ0) is 13.6. The van der Waals surface area contributed by atoms with Crippen molar-refractivity contribution in [1.29, 1.82) is 0 Å². The van der Waals surface area contributed by atoms with Gasteiger partial charge in [0.25, 0.3) is 5.92 Å². The summed E-state index contributed by atoms with van der Waals surface area (Å²) in [5.41, 5.74) is -0.414. The summed E-state index contributed by atoms with van der Waals surface area (Å²) in [5.74, 6) is -6.70. The third-order valence-electron chi connectivity index (χ3n) is 4.64. The Balaban J connectivity index is 1.98. The van der Waals surface area contributed by atoms with Crippen LogP contribution in [0.4, 0.5) is 17.6 Å². The van der Waals surface area contributed by atoms with Gasteiger partial charge in [-0.2, -0.15) is 0 Å². The monoisotopic (exact) mass is 272 g/mol. The van der Waals surface area contributed by atoms with Crippen molar-refractivity contribution in [2.24, 2.45) is 11.8 Å². The van der Waals surface area contributed by atoms with Crippen molar-refractivity contribution in [1.82, 2.24) is 0 Å². The average molecular weight is 272 g/mol. The third-order valence-corrected chi connectivity index (χ3v) is 4.64. The molecule has 2 aliphatic carbocycles. The predicted octanol–water partition coefficient (Wildman–Crippen LogP) is 4.81. The summed E-state index contributed by atoms with van der Waals surface area (Å²) in [6, 6.07) is 2.26. The van der Waals surface area contributed by atoms with E-state index in [0.717, 1.165) is 38.2 Å². The van der Waals surface area contributed by atoms with Gasteiger partial charge in [-0.3, -0.25) is 0 Å². The molecule has 2 aliphatic rings. The van der Waals surface area contributed by atoms with Crippen molar-refractivity contribution in [3.05, 3.63) is 34.9 Å². The van der Waals surface area contributed by atoms with E-state index in [4.69, 9.17) is 0 Å². The molecule has 0 amide bonds. The van der Waals surface area contributed by atoms with Crippen molar-refractivity contribution >= 4 is 0 Å². The molecule has 3 rings (SSSR count). The molecular weight excluding hydrogens is 256 g/mol. The van der Waals surface area contributed by atoms with E-state index in [9.17, 15) is 17.6 Å². The zero-order valence-electron chi connectivity index (χ0n) is 10.6. The van der Waals surface area contributed by atoms with Gasteiger partial charge in [0.1, 0.15) is 0 Å². The number of hydrogen-bond donors (Lipinski definition) is 0. The highest BCUT2D eigenvalue weighted by Gasteiger charge is 2.53. The van der Waals surface area contributed by atoms with Crippen LogP contribution in [0.3, 0.4) is 0 Å². The van der Waals surface area contributed by atoms with Gasteiger partial charge in [0.05, 0.1) is 5.56 Å². The molecule has 0 radical (unpaired) electrons. The number of hydrogen-bond acceptors (Lipinski definition) is 0. The molecular formula is C15H16F4. The van der Waals surface area contributed by atoms with Crippen molar-refractivity contribution in [2.45, 2.75) is 44.4 Å². The molecule has 1 aromatic rings. The molecule has 0 heterocycles. The maximum atomic E-state index is 14.4. The van der Waals surface area contributed by atoms with E-state index in [0.29, 0.717) is 0 Å². The summed E-state index contributed by atoms with van der Waals surface area (Å²) < 4.78 is 55.7. The van der Waals surface area contributed by atoms with Crippen LogP contribution in [-0.2, 0) is 12.3 Å². The van der Waals surface area contributed by atoms with Crippen LogP contribution >= 0.6 is 0 Å². The Kier molecular flexibility index (Phi) is 3.06. The fraction of sp³-hybridized carbons (Fsp3) is 0.600. The van der Waals surface area contributed by atoms with Gasteiger partial charge in [-0.1, -0.05) is 25.3 Å². The van der Waals surface area contributed by atoms with Gasteiger partial charge in [0.15, 0.2) is 11.6 Å². The topological polar surface area (TPSA) is 0 Å². The number of fused-ring (bicyclic) bond motifs is 1. The Morgan fingerprint density at radius 1 is 1.00 bits per heavy atom. The standard InChI is InChI=1S/C15H16F4/c16-12-7-6-10-8-11(9-4-2-1-3-5-9)15(18,19)13(10)14(12)17/h6-7,9,11H,1-5,8H2. The molecule has 0 nitrogen and oxygen atoms in total. The van der Waals surface area contributed by atoms with Gasteiger partial charge < -0.3 is 0 Å². The first kappa shape index (κ1) is 12.9. The average Bonchev–Trinajstić information content (AvgIpc) is 2.67. The molecule has 104 valence electrons. The summed E-state index contributed by atoms with van der Waals surface area (Å²) >= 11 is 0. The Labute approximate surface area is 109 Å². The van der Waals surface area contributed by atoms with Gasteiger partial charge in [-0.25, -0.2) is 17.6 Å². The van der Waals surface area contributed by atoms with Gasteiger partial charge in [-0.05, 0) is 36.8 Å². The molecule has 4 heteroatoms. The third kappa shape index (κ3) is 1.96. The smallest absolute Gasteiger partial charge is 0.204 e. The van der Waals surface area contributed by atoms with Gasteiger partial charge >= 0.3 is 0 Å². The van der Waals surface area contributed by atoms with Crippen LogP contribution in [0.25, 0.3) is 0 Å². The largest absolute Gasteiger partial charge is 0.279 e. The van der Waals surface area contributed by atoms with E-state index < -0.39 is 29.0 Å². The predicted molar refractivity (Wildman–Crippen MR) is 64.0 cm³/mol. The second-order valence-corrected chi connectivity index (χ2v) is 5.73. The Bertz CT molecular complexity index is 489. The minimum Gasteiger partial charge on any atom is -0.204 e. The molecule has 1 unspecified atom stereocenters. The van der Waals surface area contributed by atoms with E-state index in [1.54, 1.807) is 0 Å². The second kappa shape index (κ2) is 4.50. The Morgan fingerprint density at radius 2 is 1.68 bits per heavy atom. The molecule has 0 spiro atoms. The lowest BCUT2D eigenvalue weighted by atomic mass is 9.77. The van der Waals surface area contributed by atoms with Crippen LogP contribution < -0.4 is 0 Å². The highest BCUT2D eigenvalue weighted by atomic mass is 19.3. The molecule has 0 saturated heterocycles. The minimum atomic E-state index is -3.23. The maximum Gasteiger partial charge on any atom is 0.279 e. The van der Waals surface area contributed by atoms with Crippen LogP contribution in [0, 0.1) is 23.5 Å². The molecule has 1 atom stereocenters. The minimum absolute atomic E-state index is 0.0707. The zero-order valence-corrected chi connectivity index (χ0v) is 10.6. The summed E-state index contributed by atoms with van der Waals surface area (Å²) in [6.07, 6.45) is 4.74. The number of halogens is 4. The summed E-state index contributed by atoms with van der Waals surface area (Å²) in [5, 5.41) is 0. The molecule has 1 aromatic carbocycles. The number of alkyl halides is 2. The lowest BCUT2D eigenvalue weighted by Crippen LogP contribution is -2.30. The summed E-state index contributed by atoms with van der Waals surface area (Å²) in [7, 11) is 0. The van der Waals surface area contributed by atoms with Gasteiger partial charge in [0, 0.05) is 5.92 Å². The first-order valence-electron chi connectivity index (χ1n) is 6.87. The van der Waals surface area contributed by atoms with Crippen LogP contribution in [0.15, 0.2) is 12.1 Å². The van der Waals surface area contributed by atoms with Gasteiger partial charge in [-0.15, -0.1) is 0 Å². The van der Waals surface area contributed by atoms with E-state index in [1.165, 1.54) is 6.07 Å². The molecule has 1 fully saturated rings. The Morgan fingerprint density at radius 3 is 2.37 bits per heavy atom. The van der Waals surface area contributed by atoms with Gasteiger partial charge in [0.2, 0.25) is 0 Å². The van der Waals surface area contributed by atoms with E-state index in [-0.39, 0.29) is 17.9 Å². The summed E-state index contributed by atoms with van der Waals surface area (Å²) in [6.45, 7) is 0. The molecule has 0 aromatic heterocycles. The summed E-state index contributed by atoms with van der Waals surface area (Å²) in [4.78, 5) is 0. The quantitative estimate of drug-likeness (QED) is 0.644. The first-order valence-corrected chi connectivity index (χ1v) is 6.87. The molecule has 19 heavy (non-hydrogen) atoms. The van der Waals surface area contributed by atoms with Crippen molar-refractivity contribution < 1.29 is 17.6 Å². The molecule has 0 bridgehead atoms. The van der Waals surface area contributed by atoms with Crippen molar-refractivity contribution in [3.8, 4) is 0 Å². The Hall–Kier alpha value is -1.06. The van der Waals surface area contributed by atoms with Crippen LogP contribution in [0.5, 0.6) is 0 Å². The van der Waals surface area contributed by atoms with Crippen LogP contribution in [-0.4, -0.2) is 0 Å². The highest BCUT2D eigenvalue weighted by Crippen LogP contribution is 2.52. The highest BCUT2D eigenvalue weighted by molar-refractivity contribution is 5.39. The van der Waals surface area contributed by atoms with Crippen molar-refractivity contribution in [3.63, 3.8) is 0 Å². The first-order chi connectivity index (χ1) is 9.01. The second-order valence-electron chi connectivity index (χ2n) is 5.73. The molecule has 1 saturated carbocycles. The maximum absolute atomic E-state index is 14.4. The van der Waals surface area contributed by atoms with E-state index in [1.807, 2.05) is 0 Å². The molecule has 0 aliphatic heterocycles. The lowest BCUT2D eigenvalue weighted by Gasteiger charge is -2.31. The van der Waals surface area contributed by atoms with Crippen molar-refractivity contribution in [2.75, 3.05) is 0 Å². The van der Waals surface area contributed by atoms with Crippen LogP contribution in [0.1, 0.15) is 43.2 Å². The fourth-order valence-electron chi connectivity index (χ4n) is 3.67.